The smallest absolute Gasteiger partial charge is 0.258 e. The van der Waals surface area contributed by atoms with Crippen LogP contribution < -0.4 is 0 Å². The third kappa shape index (κ3) is 6.39. The van der Waals surface area contributed by atoms with Gasteiger partial charge < -0.3 is 0 Å². The van der Waals surface area contributed by atoms with Crippen molar-refractivity contribution in [2.45, 2.75) is 9.79 Å². The number of hydrogen-bond acceptors (Lipinski definition) is 14. The molecular formula is C24H12N6O12S2. The molecule has 0 heterocycles. The summed E-state index contributed by atoms with van der Waals surface area (Å²) in [6.45, 7) is 0. The average molecular weight is 641 g/mol. The lowest BCUT2D eigenvalue weighted by atomic mass is 10.0. The Hall–Kier alpha value is -6.02. The van der Waals surface area contributed by atoms with Gasteiger partial charge in [0.05, 0.1) is 52.8 Å². The monoisotopic (exact) mass is 640 g/mol. The number of benzene rings is 4. The molecule has 0 fully saturated rings. The number of non-ortho nitro benzene ring substituents is 4. The van der Waals surface area contributed by atoms with Gasteiger partial charge in [-0.25, -0.2) is 0 Å². The second kappa shape index (κ2) is 12.5. The Morgan fingerprint density at radius 3 is 0.955 bits per heavy atom. The Labute approximate surface area is 250 Å². The molecule has 4 aromatic carbocycles. The first-order valence-corrected chi connectivity index (χ1v) is 13.7. The predicted octanol–water partition coefficient (Wildman–Crippen LogP) is 7.27. The van der Waals surface area contributed by atoms with Crippen LogP contribution in [0.5, 0.6) is 0 Å². The van der Waals surface area contributed by atoms with E-state index >= 15 is 0 Å². The standard InChI is InChI=1S/C24H12N6O12S2/c31-25(32)13-3-7-23(19(9-13)17-5-1-15(27(35)36)11-21(17)29(39)40)43-44-24-8-4-14(26(33)34)10-20(24)18-6-2-16(28(37)38)12-22(18)30(41)42/h1-12H. The third-order valence-electron chi connectivity index (χ3n) is 5.93. The van der Waals surface area contributed by atoms with Crippen LogP contribution >= 0.6 is 21.6 Å². The minimum atomic E-state index is -0.884. The van der Waals surface area contributed by atoms with Crippen molar-refractivity contribution >= 4 is 55.7 Å². The van der Waals surface area contributed by atoms with Crippen LogP contribution in [0.2, 0.25) is 0 Å². The maximum atomic E-state index is 11.8. The molecule has 0 aliphatic rings. The zero-order valence-electron chi connectivity index (χ0n) is 21.3. The molecule has 0 aliphatic heterocycles. The summed E-state index contributed by atoms with van der Waals surface area (Å²) in [5, 5.41) is 69.0. The van der Waals surface area contributed by atoms with Crippen LogP contribution in [0, 0.1) is 60.7 Å². The summed E-state index contributed by atoms with van der Waals surface area (Å²) >= 11 is 0. The van der Waals surface area contributed by atoms with E-state index in [0.29, 0.717) is 12.1 Å². The van der Waals surface area contributed by atoms with Gasteiger partial charge in [0.25, 0.3) is 34.1 Å². The molecule has 0 saturated carbocycles. The van der Waals surface area contributed by atoms with E-state index in [1.165, 1.54) is 12.1 Å². The topological polar surface area (TPSA) is 259 Å². The van der Waals surface area contributed by atoms with Gasteiger partial charge in [-0.15, -0.1) is 0 Å². The van der Waals surface area contributed by atoms with Gasteiger partial charge in [0.1, 0.15) is 0 Å². The third-order valence-corrected chi connectivity index (χ3v) is 8.41. The highest BCUT2D eigenvalue weighted by molar-refractivity contribution is 8.76. The lowest BCUT2D eigenvalue weighted by molar-refractivity contribution is -0.394. The molecule has 0 aromatic heterocycles. The van der Waals surface area contributed by atoms with Gasteiger partial charge in [-0.3, -0.25) is 60.7 Å². The van der Waals surface area contributed by atoms with Gasteiger partial charge in [0.2, 0.25) is 0 Å². The van der Waals surface area contributed by atoms with E-state index in [1.54, 1.807) is 0 Å². The highest BCUT2D eigenvalue weighted by Gasteiger charge is 2.27. The molecule has 4 aromatic rings. The van der Waals surface area contributed by atoms with Crippen molar-refractivity contribution in [1.82, 2.24) is 0 Å². The van der Waals surface area contributed by atoms with E-state index in [9.17, 15) is 60.7 Å². The van der Waals surface area contributed by atoms with Crippen LogP contribution in [0.25, 0.3) is 22.3 Å². The number of nitro benzene ring substituents is 6. The highest BCUT2D eigenvalue weighted by atomic mass is 33.1. The fourth-order valence-electron chi connectivity index (χ4n) is 3.94. The molecule has 18 nitrogen and oxygen atoms in total. The molecule has 0 aliphatic carbocycles. The molecular weight excluding hydrogens is 628 g/mol. The Morgan fingerprint density at radius 1 is 0.364 bits per heavy atom. The molecule has 0 radical (unpaired) electrons. The van der Waals surface area contributed by atoms with Crippen LogP contribution in [0.1, 0.15) is 0 Å². The normalized spacial score (nSPS) is 10.6. The molecule has 222 valence electrons. The Balaban J connectivity index is 1.86. The Morgan fingerprint density at radius 2 is 0.659 bits per heavy atom. The van der Waals surface area contributed by atoms with E-state index in [2.05, 4.69) is 0 Å². The van der Waals surface area contributed by atoms with E-state index in [1.807, 2.05) is 0 Å². The summed E-state index contributed by atoms with van der Waals surface area (Å²) in [6.07, 6.45) is 0. The van der Waals surface area contributed by atoms with Crippen LogP contribution in [0.15, 0.2) is 82.6 Å². The van der Waals surface area contributed by atoms with Crippen molar-refractivity contribution in [2.75, 3.05) is 0 Å². The van der Waals surface area contributed by atoms with Crippen molar-refractivity contribution in [1.29, 1.82) is 0 Å². The fraction of sp³-hybridized carbons (Fsp3) is 0. The van der Waals surface area contributed by atoms with Gasteiger partial charge in [0.15, 0.2) is 0 Å². The molecule has 0 atom stereocenters. The predicted molar refractivity (Wildman–Crippen MR) is 155 cm³/mol. The van der Waals surface area contributed by atoms with Crippen molar-refractivity contribution in [3.05, 3.63) is 133 Å². The van der Waals surface area contributed by atoms with Crippen molar-refractivity contribution < 1.29 is 29.5 Å². The maximum Gasteiger partial charge on any atom is 0.284 e. The molecule has 20 heteroatoms. The summed E-state index contributed by atoms with van der Waals surface area (Å²) < 4.78 is 0. The highest BCUT2D eigenvalue weighted by Crippen LogP contribution is 2.49. The quantitative estimate of drug-likeness (QED) is 0.0886. The number of nitro groups is 6. The number of hydrogen-bond donors (Lipinski definition) is 0. The van der Waals surface area contributed by atoms with Crippen LogP contribution in [-0.2, 0) is 0 Å². The second-order valence-electron chi connectivity index (χ2n) is 8.47. The molecule has 0 unspecified atom stereocenters. The van der Waals surface area contributed by atoms with E-state index < -0.39 is 63.7 Å². The second-order valence-corrected chi connectivity index (χ2v) is 10.7. The summed E-state index contributed by atoms with van der Waals surface area (Å²) in [4.78, 5) is 64.4. The Bertz CT molecular complexity index is 1780. The van der Waals surface area contributed by atoms with Gasteiger partial charge >= 0.3 is 0 Å². The zero-order chi connectivity index (χ0) is 32.3. The molecule has 0 amide bonds. The summed E-state index contributed by atoms with van der Waals surface area (Å²) in [7, 11) is 1.76. The van der Waals surface area contributed by atoms with Crippen LogP contribution in [0.3, 0.4) is 0 Å². The number of nitrogens with zero attached hydrogens (tertiary/aromatic N) is 6. The summed E-state index contributed by atoms with van der Waals surface area (Å²) in [6, 6.07) is 12.4. The molecule has 44 heavy (non-hydrogen) atoms. The number of rotatable bonds is 11. The SMILES string of the molecule is O=[N+]([O-])c1ccc(SSc2ccc([N+](=O)[O-])cc2-c2ccc([N+](=O)[O-])cc2[N+](=O)[O-])c(-c2ccc([N+](=O)[O-])cc2[N+](=O)[O-])c1. The van der Waals surface area contributed by atoms with Gasteiger partial charge in [-0.1, -0.05) is 21.6 Å². The average Bonchev–Trinajstić information content (AvgIpc) is 2.98. The minimum Gasteiger partial charge on any atom is -0.258 e. The lowest BCUT2D eigenvalue weighted by Gasteiger charge is -2.12. The molecule has 0 bridgehead atoms. The van der Waals surface area contributed by atoms with Crippen LogP contribution in [-0.4, -0.2) is 29.5 Å². The van der Waals surface area contributed by atoms with Crippen molar-refractivity contribution in [3.8, 4) is 22.3 Å². The van der Waals surface area contributed by atoms with Gasteiger partial charge in [0, 0.05) is 57.3 Å². The minimum absolute atomic E-state index is 0.0388. The van der Waals surface area contributed by atoms with Crippen molar-refractivity contribution in [3.63, 3.8) is 0 Å². The molecule has 0 spiro atoms. The van der Waals surface area contributed by atoms with E-state index in [-0.39, 0.29) is 32.0 Å². The summed E-state index contributed by atoms with van der Waals surface area (Å²) in [5.41, 5.74) is -3.91. The van der Waals surface area contributed by atoms with E-state index in [4.69, 9.17) is 0 Å². The van der Waals surface area contributed by atoms with Crippen molar-refractivity contribution in [2.24, 2.45) is 0 Å². The first-order valence-electron chi connectivity index (χ1n) is 11.6. The summed E-state index contributed by atoms with van der Waals surface area (Å²) in [5.74, 6) is 0. The van der Waals surface area contributed by atoms with Gasteiger partial charge in [-0.05, 0) is 24.3 Å². The maximum absolute atomic E-state index is 11.8. The van der Waals surface area contributed by atoms with E-state index in [0.717, 1.165) is 70.1 Å². The zero-order valence-corrected chi connectivity index (χ0v) is 23.0. The van der Waals surface area contributed by atoms with Crippen LogP contribution in [0.4, 0.5) is 34.1 Å². The van der Waals surface area contributed by atoms with Gasteiger partial charge in [-0.2, -0.15) is 0 Å². The fourth-order valence-corrected chi connectivity index (χ4v) is 6.30. The molecule has 0 N–H and O–H groups in total. The molecule has 4 rings (SSSR count). The first-order chi connectivity index (χ1) is 20.8. The molecule has 0 saturated heterocycles. The first kappa shape index (κ1) is 30.9. The largest absolute Gasteiger partial charge is 0.284 e. The Kier molecular flexibility index (Phi) is 8.76. The lowest BCUT2D eigenvalue weighted by Crippen LogP contribution is -1.97.